The summed E-state index contributed by atoms with van der Waals surface area (Å²) in [6.45, 7) is 1.40. The molecule has 1 aliphatic carbocycles. The van der Waals surface area contributed by atoms with E-state index in [-0.39, 0.29) is 29.0 Å². The van der Waals surface area contributed by atoms with Gasteiger partial charge in [0.2, 0.25) is 15.9 Å². The van der Waals surface area contributed by atoms with Gasteiger partial charge in [-0.05, 0) is 44.0 Å². The lowest BCUT2D eigenvalue weighted by molar-refractivity contribution is -0.117. The van der Waals surface area contributed by atoms with E-state index in [1.54, 1.807) is 6.92 Å². The lowest BCUT2D eigenvalue weighted by Gasteiger charge is -2.09. The van der Waals surface area contributed by atoms with Crippen LogP contribution in [0, 0.1) is 5.92 Å². The quantitative estimate of drug-likeness (QED) is 0.396. The number of hydrogen-bond acceptors (Lipinski definition) is 8. The number of amides is 2. The Bertz CT molecular complexity index is 1260. The van der Waals surface area contributed by atoms with Crippen molar-refractivity contribution in [2.75, 3.05) is 11.9 Å². The highest BCUT2D eigenvalue weighted by Crippen LogP contribution is 2.34. The number of aliphatic hydroxyl groups excluding tert-OH is 1. The molecule has 1 saturated carbocycles. The second-order valence-corrected chi connectivity index (χ2v) is 9.85. The molecule has 31 heavy (non-hydrogen) atoms. The fraction of sp³-hybridized carbons (Fsp3) is 0.333. The number of benzene rings is 1. The van der Waals surface area contributed by atoms with Gasteiger partial charge in [0.25, 0.3) is 5.91 Å². The van der Waals surface area contributed by atoms with Crippen LogP contribution in [0.4, 0.5) is 5.13 Å². The molecule has 11 nitrogen and oxygen atoms in total. The van der Waals surface area contributed by atoms with Gasteiger partial charge in [-0.25, -0.2) is 18.2 Å². The first-order chi connectivity index (χ1) is 14.7. The molecule has 1 aromatic carbocycles. The fourth-order valence-corrected chi connectivity index (χ4v) is 4.30. The molecule has 1 atom stereocenters. The Morgan fingerprint density at radius 2 is 2.00 bits per heavy atom. The Morgan fingerprint density at radius 3 is 2.58 bits per heavy atom. The van der Waals surface area contributed by atoms with Gasteiger partial charge >= 0.3 is 0 Å². The minimum atomic E-state index is -3.86. The third-order valence-electron chi connectivity index (χ3n) is 4.68. The van der Waals surface area contributed by atoms with Gasteiger partial charge in [-0.15, -0.1) is 0 Å². The third-order valence-corrected chi connectivity index (χ3v) is 6.58. The largest absolute Gasteiger partial charge is 0.394 e. The number of nitrogens with zero attached hydrogens (tertiary/aromatic N) is 3. The molecular formula is C18H20N6O5S2. The first-order valence-corrected chi connectivity index (χ1v) is 11.8. The molecule has 0 saturated heterocycles. The Hall–Kier alpha value is -2.87. The zero-order valence-electron chi connectivity index (χ0n) is 16.4. The van der Waals surface area contributed by atoms with E-state index in [0.717, 1.165) is 24.2 Å². The van der Waals surface area contributed by atoms with E-state index in [0.29, 0.717) is 21.2 Å². The monoisotopic (exact) mass is 464 g/mol. The highest BCUT2D eigenvalue weighted by atomic mass is 32.2. The number of aliphatic hydroxyl groups is 1. The molecule has 164 valence electrons. The molecule has 2 amide bonds. The molecule has 13 heteroatoms. The van der Waals surface area contributed by atoms with Crippen molar-refractivity contribution in [2.45, 2.75) is 30.7 Å². The molecule has 0 aliphatic heterocycles. The number of aromatic nitrogens is 3. The standard InChI is InChI=1S/C18H20N6O5S2/c1-9(8-25)20-17(27)13-14-15(21-18(30-14)22-16(26)10-2-3-10)24(23-13)11-4-6-12(7-5-11)31(19,28)29/h4-7,9-10,25H,2-3,8H2,1H3,(H,20,27)(H2,19,28,29)(H,21,22,26)/t9-/m1/s1. The number of nitrogens with two attached hydrogens (primary N) is 1. The Labute approximate surface area is 181 Å². The summed E-state index contributed by atoms with van der Waals surface area (Å²) in [5.41, 5.74) is 0.869. The van der Waals surface area contributed by atoms with Gasteiger partial charge in [-0.3, -0.25) is 9.59 Å². The van der Waals surface area contributed by atoms with Crippen LogP contribution in [0.25, 0.3) is 16.0 Å². The average molecular weight is 465 g/mol. The lowest BCUT2D eigenvalue weighted by atomic mass is 10.3. The van der Waals surface area contributed by atoms with Crippen LogP contribution in [0.15, 0.2) is 29.2 Å². The second kappa shape index (κ2) is 8.00. The van der Waals surface area contributed by atoms with E-state index >= 15 is 0 Å². The zero-order chi connectivity index (χ0) is 22.3. The van der Waals surface area contributed by atoms with Gasteiger partial charge < -0.3 is 15.7 Å². The van der Waals surface area contributed by atoms with Crippen LogP contribution in [-0.4, -0.2) is 52.8 Å². The third kappa shape index (κ3) is 4.44. The van der Waals surface area contributed by atoms with E-state index in [2.05, 4.69) is 20.7 Å². The molecule has 4 rings (SSSR count). The van der Waals surface area contributed by atoms with Gasteiger partial charge in [0.05, 0.1) is 17.2 Å². The van der Waals surface area contributed by atoms with Crippen LogP contribution in [0.2, 0.25) is 0 Å². The maximum absolute atomic E-state index is 12.7. The predicted molar refractivity (Wildman–Crippen MR) is 113 cm³/mol. The van der Waals surface area contributed by atoms with Crippen LogP contribution >= 0.6 is 11.3 Å². The van der Waals surface area contributed by atoms with Gasteiger partial charge in [0.15, 0.2) is 16.5 Å². The maximum Gasteiger partial charge on any atom is 0.273 e. The number of thiazole rings is 1. The molecule has 1 aliphatic rings. The van der Waals surface area contributed by atoms with Crippen LogP contribution in [-0.2, 0) is 14.8 Å². The highest BCUT2D eigenvalue weighted by molar-refractivity contribution is 7.89. The molecule has 0 bridgehead atoms. The normalized spacial score (nSPS) is 15.1. The van der Waals surface area contributed by atoms with Crippen molar-refractivity contribution < 1.29 is 23.1 Å². The number of primary sulfonamides is 1. The van der Waals surface area contributed by atoms with Crippen molar-refractivity contribution in [2.24, 2.45) is 11.1 Å². The summed E-state index contributed by atoms with van der Waals surface area (Å²) < 4.78 is 24.9. The zero-order valence-corrected chi connectivity index (χ0v) is 18.0. The summed E-state index contributed by atoms with van der Waals surface area (Å²) in [5.74, 6) is -0.633. The summed E-state index contributed by atoms with van der Waals surface area (Å²) in [6.07, 6.45) is 1.68. The summed E-state index contributed by atoms with van der Waals surface area (Å²) in [4.78, 5) is 29.2. The summed E-state index contributed by atoms with van der Waals surface area (Å²) in [5, 5.41) is 24.5. The number of sulfonamides is 1. The maximum atomic E-state index is 12.7. The van der Waals surface area contributed by atoms with Crippen molar-refractivity contribution in [1.82, 2.24) is 20.1 Å². The van der Waals surface area contributed by atoms with Crippen molar-refractivity contribution >= 4 is 48.7 Å². The summed E-state index contributed by atoms with van der Waals surface area (Å²) in [7, 11) is -3.86. The van der Waals surface area contributed by atoms with Crippen LogP contribution in [0.1, 0.15) is 30.3 Å². The number of rotatable bonds is 7. The van der Waals surface area contributed by atoms with E-state index in [4.69, 9.17) is 5.14 Å². The van der Waals surface area contributed by atoms with Gasteiger partial charge in [-0.2, -0.15) is 10.1 Å². The van der Waals surface area contributed by atoms with Crippen LogP contribution < -0.4 is 15.8 Å². The fourth-order valence-electron chi connectivity index (χ4n) is 2.85. The minimum absolute atomic E-state index is 0.0116. The molecule has 2 aromatic heterocycles. The lowest BCUT2D eigenvalue weighted by Crippen LogP contribution is -2.35. The highest BCUT2D eigenvalue weighted by Gasteiger charge is 2.31. The molecule has 3 aromatic rings. The van der Waals surface area contributed by atoms with Crippen molar-refractivity contribution in [1.29, 1.82) is 0 Å². The summed E-state index contributed by atoms with van der Waals surface area (Å²) in [6, 6.07) is 5.16. The molecule has 2 heterocycles. The second-order valence-electron chi connectivity index (χ2n) is 7.29. The Balaban J connectivity index is 1.76. The predicted octanol–water partition coefficient (Wildman–Crippen LogP) is 0.589. The van der Waals surface area contributed by atoms with E-state index < -0.39 is 22.0 Å². The first-order valence-electron chi connectivity index (χ1n) is 9.42. The van der Waals surface area contributed by atoms with Crippen molar-refractivity contribution in [3.63, 3.8) is 0 Å². The van der Waals surface area contributed by atoms with Crippen molar-refractivity contribution in [3.8, 4) is 5.69 Å². The number of fused-ring (bicyclic) bond motifs is 1. The first kappa shape index (κ1) is 21.4. The molecule has 5 N–H and O–H groups in total. The Morgan fingerprint density at radius 1 is 1.32 bits per heavy atom. The number of carbonyl (C=O) groups is 2. The smallest absolute Gasteiger partial charge is 0.273 e. The number of carbonyl (C=O) groups excluding carboxylic acids is 2. The average Bonchev–Trinajstić information content (AvgIpc) is 3.41. The van der Waals surface area contributed by atoms with Crippen LogP contribution in [0.5, 0.6) is 0 Å². The number of anilines is 1. The van der Waals surface area contributed by atoms with E-state index in [1.165, 1.54) is 28.9 Å². The van der Waals surface area contributed by atoms with Gasteiger partial charge in [0, 0.05) is 12.0 Å². The Kier molecular flexibility index (Phi) is 5.51. The van der Waals surface area contributed by atoms with E-state index in [1.807, 2.05) is 0 Å². The van der Waals surface area contributed by atoms with Gasteiger partial charge in [0.1, 0.15) is 4.70 Å². The van der Waals surface area contributed by atoms with Gasteiger partial charge in [-0.1, -0.05) is 11.3 Å². The molecule has 0 unspecified atom stereocenters. The molecule has 0 radical (unpaired) electrons. The number of hydrogen-bond donors (Lipinski definition) is 4. The minimum Gasteiger partial charge on any atom is -0.394 e. The van der Waals surface area contributed by atoms with Crippen molar-refractivity contribution in [3.05, 3.63) is 30.0 Å². The summed E-state index contributed by atoms with van der Waals surface area (Å²) >= 11 is 1.12. The van der Waals surface area contributed by atoms with E-state index in [9.17, 15) is 23.1 Å². The molecule has 0 spiro atoms. The van der Waals surface area contributed by atoms with Crippen LogP contribution in [0.3, 0.4) is 0 Å². The topological polar surface area (TPSA) is 169 Å². The molecule has 1 fully saturated rings. The SMILES string of the molecule is C[C@H](CO)NC(=O)c1nn(-c2ccc(S(N)(=O)=O)cc2)c2nc(NC(=O)C3CC3)sc12. The molecular weight excluding hydrogens is 444 g/mol. The number of nitrogens with one attached hydrogen (secondary N) is 2.